The van der Waals surface area contributed by atoms with Gasteiger partial charge in [0.1, 0.15) is 28.9 Å². The highest BCUT2D eigenvalue weighted by Crippen LogP contribution is 2.26. The van der Waals surface area contributed by atoms with E-state index >= 15 is 0 Å². The summed E-state index contributed by atoms with van der Waals surface area (Å²) >= 11 is 1.14. The molecule has 0 amide bonds. The molecule has 0 fully saturated rings. The minimum atomic E-state index is -0.138. The molecule has 2 aromatic rings. The topological polar surface area (TPSA) is 111 Å². The van der Waals surface area contributed by atoms with E-state index in [2.05, 4.69) is 9.97 Å². The number of nitrogens with zero attached hydrogens (tertiary/aromatic N) is 3. The van der Waals surface area contributed by atoms with Crippen LogP contribution in [0.5, 0.6) is 11.5 Å². The molecule has 0 aliphatic carbocycles. The SMILES string of the molecule is COc1ccc(C(=O)CSc2ncc(C#N)c(N)n2)c(OC)c1. The molecule has 0 saturated heterocycles. The van der Waals surface area contributed by atoms with Gasteiger partial charge in [-0.3, -0.25) is 4.79 Å². The maximum Gasteiger partial charge on any atom is 0.189 e. The Kier molecular flexibility index (Phi) is 5.38. The number of benzene rings is 1. The van der Waals surface area contributed by atoms with Crippen molar-refractivity contribution in [2.24, 2.45) is 0 Å². The van der Waals surface area contributed by atoms with Crippen molar-refractivity contribution in [3.05, 3.63) is 35.5 Å². The summed E-state index contributed by atoms with van der Waals surface area (Å²) in [4.78, 5) is 20.3. The number of hydrogen-bond donors (Lipinski definition) is 1. The van der Waals surface area contributed by atoms with E-state index in [4.69, 9.17) is 20.5 Å². The zero-order chi connectivity index (χ0) is 16.8. The minimum Gasteiger partial charge on any atom is -0.497 e. The number of Topliss-reactive ketones (excluding diaryl/α,β-unsaturated/α-hetero) is 1. The number of nitrogen functional groups attached to an aromatic ring is 1. The van der Waals surface area contributed by atoms with E-state index in [9.17, 15) is 4.79 Å². The average molecular weight is 330 g/mol. The molecular formula is C15H14N4O3S. The number of nitriles is 1. The highest BCUT2D eigenvalue weighted by Gasteiger charge is 2.15. The lowest BCUT2D eigenvalue weighted by molar-refractivity contribution is 0.101. The van der Waals surface area contributed by atoms with Crippen LogP contribution in [0.4, 0.5) is 5.82 Å². The van der Waals surface area contributed by atoms with Gasteiger partial charge in [0.05, 0.1) is 31.7 Å². The van der Waals surface area contributed by atoms with E-state index < -0.39 is 0 Å². The molecule has 0 atom stereocenters. The van der Waals surface area contributed by atoms with Crippen LogP contribution in [0, 0.1) is 11.3 Å². The van der Waals surface area contributed by atoms with E-state index in [1.807, 2.05) is 6.07 Å². The number of ether oxygens (including phenoxy) is 2. The van der Waals surface area contributed by atoms with Crippen molar-refractivity contribution in [3.63, 3.8) is 0 Å². The monoisotopic (exact) mass is 330 g/mol. The zero-order valence-electron chi connectivity index (χ0n) is 12.6. The Labute approximate surface area is 137 Å². The second-order valence-corrected chi connectivity index (χ2v) is 5.28. The molecule has 0 bridgehead atoms. The fourth-order valence-electron chi connectivity index (χ4n) is 1.77. The molecular weight excluding hydrogens is 316 g/mol. The molecule has 1 aromatic carbocycles. The first-order valence-corrected chi connectivity index (χ1v) is 7.48. The van der Waals surface area contributed by atoms with Crippen molar-refractivity contribution < 1.29 is 14.3 Å². The highest BCUT2D eigenvalue weighted by molar-refractivity contribution is 7.99. The van der Waals surface area contributed by atoms with Gasteiger partial charge in [0.2, 0.25) is 0 Å². The fourth-order valence-corrected chi connectivity index (χ4v) is 2.48. The predicted molar refractivity (Wildman–Crippen MR) is 85.8 cm³/mol. The molecule has 0 radical (unpaired) electrons. The number of anilines is 1. The predicted octanol–water partition coefficient (Wildman–Crippen LogP) is 1.92. The number of aromatic nitrogens is 2. The Morgan fingerprint density at radius 1 is 1.39 bits per heavy atom. The number of thioether (sulfide) groups is 1. The van der Waals surface area contributed by atoms with E-state index in [1.165, 1.54) is 13.3 Å². The van der Waals surface area contributed by atoms with Crippen LogP contribution >= 0.6 is 11.8 Å². The Balaban J connectivity index is 2.11. The van der Waals surface area contributed by atoms with E-state index in [-0.39, 0.29) is 22.9 Å². The van der Waals surface area contributed by atoms with Crippen LogP contribution < -0.4 is 15.2 Å². The summed E-state index contributed by atoms with van der Waals surface area (Å²) in [5, 5.41) is 9.12. The summed E-state index contributed by atoms with van der Waals surface area (Å²) in [7, 11) is 3.03. The van der Waals surface area contributed by atoms with Crippen LogP contribution in [0.1, 0.15) is 15.9 Å². The third-order valence-corrected chi connectivity index (χ3v) is 3.82. The summed E-state index contributed by atoms with van der Waals surface area (Å²) in [5.74, 6) is 1.12. The Morgan fingerprint density at radius 3 is 2.78 bits per heavy atom. The number of ketones is 1. The standard InChI is InChI=1S/C15H14N4O3S/c1-21-10-3-4-11(13(5-10)22-2)12(20)8-23-15-18-7-9(6-16)14(17)19-15/h3-5,7H,8H2,1-2H3,(H2,17,18,19). The van der Waals surface area contributed by atoms with E-state index in [1.54, 1.807) is 25.3 Å². The van der Waals surface area contributed by atoms with Crippen LogP contribution in [0.2, 0.25) is 0 Å². The van der Waals surface area contributed by atoms with Gasteiger partial charge in [0, 0.05) is 6.07 Å². The van der Waals surface area contributed by atoms with Gasteiger partial charge in [-0.2, -0.15) is 5.26 Å². The van der Waals surface area contributed by atoms with Gasteiger partial charge < -0.3 is 15.2 Å². The van der Waals surface area contributed by atoms with Crippen molar-refractivity contribution >= 4 is 23.4 Å². The number of hydrogen-bond acceptors (Lipinski definition) is 8. The second-order valence-electron chi connectivity index (χ2n) is 4.34. The maximum atomic E-state index is 12.3. The highest BCUT2D eigenvalue weighted by atomic mass is 32.2. The Hall–Kier alpha value is -2.79. The number of nitrogens with two attached hydrogens (primary N) is 1. The molecule has 0 spiro atoms. The summed E-state index contributed by atoms with van der Waals surface area (Å²) in [6.07, 6.45) is 1.34. The van der Waals surface area contributed by atoms with Crippen LogP contribution in [0.3, 0.4) is 0 Å². The Morgan fingerprint density at radius 2 is 2.17 bits per heavy atom. The first-order valence-electron chi connectivity index (χ1n) is 6.49. The van der Waals surface area contributed by atoms with Crippen LogP contribution in [-0.2, 0) is 0 Å². The molecule has 1 aromatic heterocycles. The van der Waals surface area contributed by atoms with Gasteiger partial charge in [-0.1, -0.05) is 11.8 Å². The largest absolute Gasteiger partial charge is 0.497 e. The second kappa shape index (κ2) is 7.47. The lowest BCUT2D eigenvalue weighted by atomic mass is 10.1. The first-order chi connectivity index (χ1) is 11.1. The van der Waals surface area contributed by atoms with Gasteiger partial charge in [-0.05, 0) is 12.1 Å². The van der Waals surface area contributed by atoms with Gasteiger partial charge in [0.15, 0.2) is 10.9 Å². The zero-order valence-corrected chi connectivity index (χ0v) is 13.4. The molecule has 0 saturated carbocycles. The number of rotatable bonds is 6. The first kappa shape index (κ1) is 16.6. The molecule has 2 N–H and O–H groups in total. The van der Waals surface area contributed by atoms with Gasteiger partial charge >= 0.3 is 0 Å². The maximum absolute atomic E-state index is 12.3. The summed E-state index contributed by atoms with van der Waals surface area (Å²) < 4.78 is 10.3. The molecule has 7 nitrogen and oxygen atoms in total. The molecule has 2 rings (SSSR count). The van der Waals surface area contributed by atoms with Crippen LogP contribution in [0.25, 0.3) is 0 Å². The summed E-state index contributed by atoms with van der Waals surface area (Å²) in [6.45, 7) is 0. The van der Waals surface area contributed by atoms with Crippen molar-refractivity contribution in [1.82, 2.24) is 9.97 Å². The third kappa shape index (κ3) is 3.90. The van der Waals surface area contributed by atoms with Crippen molar-refractivity contribution in [2.75, 3.05) is 25.7 Å². The number of methoxy groups -OCH3 is 2. The van der Waals surface area contributed by atoms with Crippen LogP contribution in [-0.4, -0.2) is 35.7 Å². The smallest absolute Gasteiger partial charge is 0.189 e. The van der Waals surface area contributed by atoms with E-state index in [0.717, 1.165) is 11.8 Å². The van der Waals surface area contributed by atoms with Crippen molar-refractivity contribution in [1.29, 1.82) is 5.26 Å². The molecule has 118 valence electrons. The molecule has 0 aliphatic heterocycles. The molecule has 1 heterocycles. The molecule has 8 heteroatoms. The summed E-state index contributed by atoms with van der Waals surface area (Å²) in [5.41, 5.74) is 6.27. The minimum absolute atomic E-state index is 0.0967. The lowest BCUT2D eigenvalue weighted by Crippen LogP contribution is -2.06. The normalized spacial score (nSPS) is 9.96. The lowest BCUT2D eigenvalue weighted by Gasteiger charge is -2.09. The quantitative estimate of drug-likeness (QED) is 0.486. The average Bonchev–Trinajstić information content (AvgIpc) is 2.59. The molecule has 23 heavy (non-hydrogen) atoms. The Bertz CT molecular complexity index is 774. The molecule has 0 unspecified atom stereocenters. The van der Waals surface area contributed by atoms with E-state index in [0.29, 0.717) is 22.2 Å². The van der Waals surface area contributed by atoms with Crippen molar-refractivity contribution in [3.8, 4) is 17.6 Å². The molecule has 0 aliphatic rings. The fraction of sp³-hybridized carbons (Fsp3) is 0.200. The van der Waals surface area contributed by atoms with Gasteiger partial charge in [0.25, 0.3) is 0 Å². The van der Waals surface area contributed by atoms with Gasteiger partial charge in [-0.25, -0.2) is 9.97 Å². The number of carbonyl (C=O) groups is 1. The number of carbonyl (C=O) groups excluding carboxylic acids is 1. The summed E-state index contributed by atoms with van der Waals surface area (Å²) in [6, 6.07) is 6.87. The van der Waals surface area contributed by atoms with Crippen molar-refractivity contribution in [2.45, 2.75) is 5.16 Å². The van der Waals surface area contributed by atoms with Gasteiger partial charge in [-0.15, -0.1) is 0 Å². The third-order valence-electron chi connectivity index (χ3n) is 2.96. The van der Waals surface area contributed by atoms with Crippen LogP contribution in [0.15, 0.2) is 29.6 Å².